The number of halogens is 3. The largest absolute Gasteiger partial charge is 0.351 e. The third kappa shape index (κ3) is 4.99. The van der Waals surface area contributed by atoms with Gasteiger partial charge in [-0.05, 0) is 47.8 Å². The molecule has 0 atom stereocenters. The second-order valence-corrected chi connectivity index (χ2v) is 5.06. The first-order chi connectivity index (χ1) is 7.15. The van der Waals surface area contributed by atoms with E-state index in [2.05, 4.69) is 49.2 Å². The number of carbonyl (C=O) groups is 1. The zero-order valence-electron chi connectivity index (χ0n) is 8.72. The first-order valence-corrected chi connectivity index (χ1v) is 6.40. The van der Waals surface area contributed by atoms with Crippen LogP contribution in [-0.4, -0.2) is 26.0 Å². The number of carbonyl (C=O) groups excluding carboxylic acids is 1. The van der Waals surface area contributed by atoms with Gasteiger partial charge in [-0.3, -0.25) is 4.79 Å². The molecule has 0 radical (unpaired) electrons. The van der Waals surface area contributed by atoms with Crippen LogP contribution in [0.3, 0.4) is 0 Å². The first kappa shape index (κ1) is 16.1. The number of benzene rings is 1. The highest BCUT2D eigenvalue weighted by Crippen LogP contribution is 2.18. The Kier molecular flexibility index (Phi) is 8.35. The molecule has 6 heteroatoms. The fourth-order valence-corrected chi connectivity index (χ4v) is 2.01. The molecule has 0 spiro atoms. The van der Waals surface area contributed by atoms with Crippen molar-refractivity contribution in [1.82, 2.24) is 10.6 Å². The van der Waals surface area contributed by atoms with Crippen LogP contribution in [0.2, 0.25) is 0 Å². The third-order valence-electron chi connectivity index (χ3n) is 1.83. The van der Waals surface area contributed by atoms with Crippen LogP contribution >= 0.6 is 50.9 Å². The van der Waals surface area contributed by atoms with Gasteiger partial charge in [0, 0.05) is 21.1 Å². The fourth-order valence-electron chi connectivity index (χ4n) is 1.07. The second kappa shape index (κ2) is 8.27. The van der Waals surface area contributed by atoms with Crippen molar-refractivity contribution in [2.24, 2.45) is 0 Å². The Labute approximate surface area is 123 Å². The van der Waals surface area contributed by atoms with Crippen LogP contribution in [0.1, 0.15) is 10.4 Å². The lowest BCUT2D eigenvalue weighted by molar-refractivity contribution is 0.0953. The summed E-state index contributed by atoms with van der Waals surface area (Å²) in [5, 5.41) is 5.82. The van der Waals surface area contributed by atoms with Crippen molar-refractivity contribution in [3.63, 3.8) is 0 Å². The molecule has 0 saturated heterocycles. The average molecular weight is 419 g/mol. The summed E-state index contributed by atoms with van der Waals surface area (Å²) in [5.41, 5.74) is 0.709. The molecule has 2 N–H and O–H groups in total. The van der Waals surface area contributed by atoms with E-state index in [1.54, 1.807) is 0 Å². The van der Waals surface area contributed by atoms with E-state index in [0.717, 1.165) is 14.6 Å². The Hall–Kier alpha value is 0.150. The molecule has 0 bridgehead atoms. The van der Waals surface area contributed by atoms with Crippen molar-refractivity contribution < 1.29 is 4.79 Å². The van der Waals surface area contributed by atoms with Gasteiger partial charge >= 0.3 is 0 Å². The van der Waals surface area contributed by atoms with Gasteiger partial charge in [-0.1, -0.05) is 15.9 Å². The fraction of sp³-hybridized carbons (Fsp3) is 0.300. The molecular weight excluding hydrogens is 406 g/mol. The van der Waals surface area contributed by atoms with Gasteiger partial charge in [-0.15, -0.1) is 12.4 Å². The SMILES string of the molecule is CNCCNC(=O)c1cc(Br)ccc1I.Cl. The molecule has 16 heavy (non-hydrogen) atoms. The summed E-state index contributed by atoms with van der Waals surface area (Å²) in [6.45, 7) is 1.41. The molecule has 1 amide bonds. The molecule has 0 unspecified atom stereocenters. The second-order valence-electron chi connectivity index (χ2n) is 2.98. The molecule has 1 aromatic rings. The highest BCUT2D eigenvalue weighted by Gasteiger charge is 2.09. The van der Waals surface area contributed by atoms with Crippen molar-refractivity contribution in [3.8, 4) is 0 Å². The summed E-state index contributed by atoms with van der Waals surface area (Å²) >= 11 is 5.51. The van der Waals surface area contributed by atoms with Gasteiger partial charge in [0.1, 0.15) is 0 Å². The number of rotatable bonds is 4. The highest BCUT2D eigenvalue weighted by atomic mass is 127. The highest BCUT2D eigenvalue weighted by molar-refractivity contribution is 14.1. The number of hydrogen-bond donors (Lipinski definition) is 2. The number of amides is 1. The van der Waals surface area contributed by atoms with E-state index < -0.39 is 0 Å². The molecule has 1 aromatic carbocycles. The van der Waals surface area contributed by atoms with Crippen molar-refractivity contribution in [2.75, 3.05) is 20.1 Å². The number of hydrogen-bond acceptors (Lipinski definition) is 2. The van der Waals surface area contributed by atoms with E-state index in [4.69, 9.17) is 0 Å². The summed E-state index contributed by atoms with van der Waals surface area (Å²) in [7, 11) is 1.86. The smallest absolute Gasteiger partial charge is 0.252 e. The van der Waals surface area contributed by atoms with Gasteiger partial charge in [0.25, 0.3) is 5.91 Å². The zero-order valence-corrected chi connectivity index (χ0v) is 13.3. The van der Waals surface area contributed by atoms with E-state index in [1.165, 1.54) is 0 Å². The molecule has 0 aliphatic rings. The minimum atomic E-state index is -0.0315. The van der Waals surface area contributed by atoms with E-state index in [9.17, 15) is 4.79 Å². The molecule has 0 saturated carbocycles. The van der Waals surface area contributed by atoms with Crippen molar-refractivity contribution in [3.05, 3.63) is 31.8 Å². The van der Waals surface area contributed by atoms with E-state index in [1.807, 2.05) is 25.2 Å². The van der Waals surface area contributed by atoms with Crippen LogP contribution in [0, 0.1) is 3.57 Å². The lowest BCUT2D eigenvalue weighted by Crippen LogP contribution is -2.30. The maximum Gasteiger partial charge on any atom is 0.252 e. The number of likely N-dealkylation sites (N-methyl/N-ethyl adjacent to an activating group) is 1. The quantitative estimate of drug-likeness (QED) is 0.582. The number of nitrogens with one attached hydrogen (secondary N) is 2. The van der Waals surface area contributed by atoms with Crippen LogP contribution in [0.4, 0.5) is 0 Å². The van der Waals surface area contributed by atoms with Crippen LogP contribution in [0.15, 0.2) is 22.7 Å². The summed E-state index contributed by atoms with van der Waals surface area (Å²) in [6.07, 6.45) is 0. The van der Waals surface area contributed by atoms with Crippen molar-refractivity contribution in [1.29, 1.82) is 0 Å². The summed E-state index contributed by atoms with van der Waals surface area (Å²) in [4.78, 5) is 11.7. The molecule has 0 aliphatic heterocycles. The summed E-state index contributed by atoms with van der Waals surface area (Å²) in [5.74, 6) is -0.0315. The van der Waals surface area contributed by atoms with Crippen LogP contribution in [0.25, 0.3) is 0 Å². The van der Waals surface area contributed by atoms with Gasteiger partial charge in [-0.2, -0.15) is 0 Å². The molecule has 90 valence electrons. The van der Waals surface area contributed by atoms with Gasteiger partial charge in [0.2, 0.25) is 0 Å². The third-order valence-corrected chi connectivity index (χ3v) is 3.27. The molecule has 0 aromatic heterocycles. The lowest BCUT2D eigenvalue weighted by atomic mass is 10.2. The van der Waals surface area contributed by atoms with Crippen LogP contribution < -0.4 is 10.6 Å². The maximum atomic E-state index is 11.7. The standard InChI is InChI=1S/C10H12BrIN2O.ClH/c1-13-4-5-14-10(15)8-6-7(11)2-3-9(8)12;/h2-3,6,13H,4-5H2,1H3,(H,14,15);1H. The predicted octanol–water partition coefficient (Wildman–Crippen LogP) is 2.42. The first-order valence-electron chi connectivity index (χ1n) is 4.53. The molecular formula is C10H13BrClIN2O. The summed E-state index contributed by atoms with van der Waals surface area (Å²) in [6, 6.07) is 5.67. The molecule has 0 heterocycles. The Morgan fingerprint density at radius 3 is 2.75 bits per heavy atom. The predicted molar refractivity (Wildman–Crippen MR) is 80.4 cm³/mol. The minimum Gasteiger partial charge on any atom is -0.351 e. The van der Waals surface area contributed by atoms with Gasteiger partial charge in [-0.25, -0.2) is 0 Å². The molecule has 1 rings (SSSR count). The van der Waals surface area contributed by atoms with E-state index in [-0.39, 0.29) is 18.3 Å². The minimum absolute atomic E-state index is 0. The normalized spacial score (nSPS) is 9.44. The van der Waals surface area contributed by atoms with Gasteiger partial charge in [0.15, 0.2) is 0 Å². The average Bonchev–Trinajstić information content (AvgIpc) is 2.22. The molecule has 0 fully saturated rings. The lowest BCUT2D eigenvalue weighted by Gasteiger charge is -2.06. The monoisotopic (exact) mass is 418 g/mol. The molecule has 3 nitrogen and oxygen atoms in total. The Bertz CT molecular complexity index is 363. The Morgan fingerprint density at radius 1 is 1.44 bits per heavy atom. The van der Waals surface area contributed by atoms with E-state index in [0.29, 0.717) is 12.1 Å². The Morgan fingerprint density at radius 2 is 2.12 bits per heavy atom. The van der Waals surface area contributed by atoms with Crippen molar-refractivity contribution in [2.45, 2.75) is 0 Å². The molecule has 0 aliphatic carbocycles. The Balaban J connectivity index is 0.00000225. The topological polar surface area (TPSA) is 41.1 Å². The maximum absolute atomic E-state index is 11.7. The van der Waals surface area contributed by atoms with Crippen LogP contribution in [-0.2, 0) is 0 Å². The van der Waals surface area contributed by atoms with Gasteiger partial charge < -0.3 is 10.6 Å². The summed E-state index contributed by atoms with van der Waals surface area (Å²) < 4.78 is 1.87. The van der Waals surface area contributed by atoms with Gasteiger partial charge in [0.05, 0.1) is 5.56 Å². The van der Waals surface area contributed by atoms with Crippen molar-refractivity contribution >= 4 is 56.8 Å². The van der Waals surface area contributed by atoms with E-state index >= 15 is 0 Å². The zero-order chi connectivity index (χ0) is 11.3. The van der Waals surface area contributed by atoms with Crippen LogP contribution in [0.5, 0.6) is 0 Å².